The van der Waals surface area contributed by atoms with E-state index in [4.69, 9.17) is 0 Å². The number of sulfonamides is 1. The van der Waals surface area contributed by atoms with Gasteiger partial charge in [-0.3, -0.25) is 0 Å². The number of thioether (sulfide) groups is 1. The molecule has 2 unspecified atom stereocenters. The topological polar surface area (TPSA) is 58.2 Å². The maximum atomic E-state index is 11.8. The van der Waals surface area contributed by atoms with Crippen LogP contribution in [0.3, 0.4) is 0 Å². The lowest BCUT2D eigenvalue weighted by atomic mass is 10.3. The minimum Gasteiger partial charge on any atom is -0.313 e. The second-order valence-electron chi connectivity index (χ2n) is 4.25. The molecule has 0 spiro atoms. The highest BCUT2D eigenvalue weighted by molar-refractivity contribution is 7.99. The van der Waals surface area contributed by atoms with Gasteiger partial charge >= 0.3 is 0 Å². The highest BCUT2D eigenvalue weighted by Gasteiger charge is 2.25. The summed E-state index contributed by atoms with van der Waals surface area (Å²) in [5.41, 5.74) is 0. The van der Waals surface area contributed by atoms with Crippen LogP contribution in [0.15, 0.2) is 0 Å². The molecule has 4 nitrogen and oxygen atoms in total. The van der Waals surface area contributed by atoms with Gasteiger partial charge in [-0.25, -0.2) is 13.1 Å². The molecular weight excluding hydrogens is 232 g/mol. The van der Waals surface area contributed by atoms with E-state index in [2.05, 4.69) is 10.0 Å². The van der Waals surface area contributed by atoms with Gasteiger partial charge in [-0.2, -0.15) is 11.8 Å². The quantitative estimate of drug-likeness (QED) is 0.746. The SMILES string of the molecule is O=S(=O)(CC1CCCN1)NC1CCSC1. The fraction of sp³-hybridized carbons (Fsp3) is 1.00. The van der Waals surface area contributed by atoms with Crippen LogP contribution in [0, 0.1) is 0 Å². The summed E-state index contributed by atoms with van der Waals surface area (Å²) in [7, 11) is -3.07. The monoisotopic (exact) mass is 250 g/mol. The van der Waals surface area contributed by atoms with Crippen molar-refractivity contribution in [1.82, 2.24) is 10.0 Å². The number of hydrogen-bond donors (Lipinski definition) is 2. The summed E-state index contributed by atoms with van der Waals surface area (Å²) < 4.78 is 26.4. The van der Waals surface area contributed by atoms with Crippen LogP contribution in [-0.4, -0.2) is 44.3 Å². The summed E-state index contributed by atoms with van der Waals surface area (Å²) in [4.78, 5) is 0. The average molecular weight is 250 g/mol. The third-order valence-corrected chi connectivity index (χ3v) is 5.55. The molecule has 0 radical (unpaired) electrons. The zero-order chi connectivity index (χ0) is 10.7. The molecule has 2 fully saturated rings. The van der Waals surface area contributed by atoms with Crippen molar-refractivity contribution >= 4 is 21.8 Å². The zero-order valence-corrected chi connectivity index (χ0v) is 10.4. The molecule has 2 atom stereocenters. The summed E-state index contributed by atoms with van der Waals surface area (Å²) in [5, 5.41) is 3.21. The van der Waals surface area contributed by atoms with Gasteiger partial charge in [0.2, 0.25) is 10.0 Å². The molecule has 2 saturated heterocycles. The van der Waals surface area contributed by atoms with Gasteiger partial charge in [0.15, 0.2) is 0 Å². The molecule has 2 aliphatic heterocycles. The van der Waals surface area contributed by atoms with Crippen LogP contribution in [0.25, 0.3) is 0 Å². The number of nitrogens with one attached hydrogen (secondary N) is 2. The third-order valence-electron chi connectivity index (χ3n) is 2.86. The average Bonchev–Trinajstić information content (AvgIpc) is 2.75. The van der Waals surface area contributed by atoms with Gasteiger partial charge in [0.25, 0.3) is 0 Å². The Labute approximate surface area is 95.6 Å². The molecule has 0 aliphatic carbocycles. The predicted molar refractivity (Wildman–Crippen MR) is 63.7 cm³/mol. The molecule has 0 aromatic heterocycles. The van der Waals surface area contributed by atoms with Crippen LogP contribution >= 0.6 is 11.8 Å². The minimum absolute atomic E-state index is 0.163. The minimum atomic E-state index is -3.07. The van der Waals surface area contributed by atoms with E-state index in [1.807, 2.05) is 11.8 Å². The van der Waals surface area contributed by atoms with Crippen molar-refractivity contribution in [2.45, 2.75) is 31.3 Å². The van der Waals surface area contributed by atoms with Crippen molar-refractivity contribution in [2.24, 2.45) is 0 Å². The Kier molecular flexibility index (Phi) is 3.93. The third kappa shape index (κ3) is 3.62. The van der Waals surface area contributed by atoms with Gasteiger partial charge in [-0.05, 0) is 31.6 Å². The molecule has 0 saturated carbocycles. The van der Waals surface area contributed by atoms with Gasteiger partial charge in [-0.15, -0.1) is 0 Å². The summed E-state index contributed by atoms with van der Waals surface area (Å²) in [6.45, 7) is 0.958. The highest BCUT2D eigenvalue weighted by Crippen LogP contribution is 2.18. The molecule has 2 rings (SSSR count). The van der Waals surface area contributed by atoms with Crippen LogP contribution in [0.4, 0.5) is 0 Å². The Morgan fingerprint density at radius 2 is 2.27 bits per heavy atom. The standard InChI is InChI=1S/C9H18N2O2S2/c12-15(13,7-9-2-1-4-10-9)11-8-3-5-14-6-8/h8-11H,1-7H2. The van der Waals surface area contributed by atoms with Crippen LogP contribution in [0.1, 0.15) is 19.3 Å². The van der Waals surface area contributed by atoms with Crippen LogP contribution < -0.4 is 10.0 Å². The van der Waals surface area contributed by atoms with Crippen molar-refractivity contribution in [3.05, 3.63) is 0 Å². The van der Waals surface area contributed by atoms with E-state index in [-0.39, 0.29) is 17.8 Å². The van der Waals surface area contributed by atoms with Crippen molar-refractivity contribution < 1.29 is 8.42 Å². The fourth-order valence-electron chi connectivity index (χ4n) is 2.09. The Bertz CT molecular complexity index is 269. The lowest BCUT2D eigenvalue weighted by Gasteiger charge is -2.15. The first kappa shape index (κ1) is 11.7. The van der Waals surface area contributed by atoms with Crippen LogP contribution in [0.2, 0.25) is 0 Å². The first-order valence-corrected chi connectivity index (χ1v) is 8.27. The van der Waals surface area contributed by atoms with E-state index in [9.17, 15) is 8.42 Å². The molecule has 88 valence electrons. The molecule has 6 heteroatoms. The van der Waals surface area contributed by atoms with E-state index in [1.165, 1.54) is 0 Å². The molecule has 15 heavy (non-hydrogen) atoms. The summed E-state index contributed by atoms with van der Waals surface area (Å²) in [5.74, 6) is 2.25. The molecule has 2 aliphatic rings. The first-order chi connectivity index (χ1) is 7.16. The lowest BCUT2D eigenvalue weighted by Crippen LogP contribution is -2.41. The summed E-state index contributed by atoms with van der Waals surface area (Å²) in [6, 6.07) is 0.331. The van der Waals surface area contributed by atoms with E-state index >= 15 is 0 Å². The van der Waals surface area contributed by atoms with E-state index in [1.54, 1.807) is 0 Å². The molecule has 2 heterocycles. The summed E-state index contributed by atoms with van der Waals surface area (Å²) in [6.07, 6.45) is 3.06. The van der Waals surface area contributed by atoms with Crippen molar-refractivity contribution in [3.63, 3.8) is 0 Å². The number of hydrogen-bond acceptors (Lipinski definition) is 4. The highest BCUT2D eigenvalue weighted by atomic mass is 32.2. The molecular formula is C9H18N2O2S2. The molecule has 0 bridgehead atoms. The largest absolute Gasteiger partial charge is 0.313 e. The van der Waals surface area contributed by atoms with Gasteiger partial charge in [0.1, 0.15) is 0 Å². The Morgan fingerprint density at radius 3 is 2.87 bits per heavy atom. The van der Waals surface area contributed by atoms with E-state index in [0.29, 0.717) is 0 Å². The molecule has 0 aromatic carbocycles. The lowest BCUT2D eigenvalue weighted by molar-refractivity contribution is 0.548. The second kappa shape index (κ2) is 5.03. The van der Waals surface area contributed by atoms with Gasteiger partial charge in [0.05, 0.1) is 5.75 Å². The molecule has 2 N–H and O–H groups in total. The normalized spacial score (nSPS) is 32.3. The smallest absolute Gasteiger partial charge is 0.213 e. The van der Waals surface area contributed by atoms with Crippen LogP contribution in [-0.2, 0) is 10.0 Å². The number of rotatable bonds is 4. The van der Waals surface area contributed by atoms with Crippen molar-refractivity contribution in [3.8, 4) is 0 Å². The fourth-order valence-corrected chi connectivity index (χ4v) is 4.97. The predicted octanol–water partition coefficient (Wildman–Crippen LogP) is 0.163. The first-order valence-electron chi connectivity index (χ1n) is 5.47. The van der Waals surface area contributed by atoms with Crippen molar-refractivity contribution in [2.75, 3.05) is 23.8 Å². The van der Waals surface area contributed by atoms with Gasteiger partial charge in [0, 0.05) is 17.8 Å². The molecule has 0 amide bonds. The van der Waals surface area contributed by atoms with Crippen LogP contribution in [0.5, 0.6) is 0 Å². The van der Waals surface area contributed by atoms with Gasteiger partial charge < -0.3 is 5.32 Å². The maximum Gasteiger partial charge on any atom is 0.213 e. The van der Waals surface area contributed by atoms with E-state index < -0.39 is 10.0 Å². The van der Waals surface area contributed by atoms with E-state index in [0.717, 1.165) is 37.3 Å². The Hall–Kier alpha value is 0.220. The maximum absolute atomic E-state index is 11.8. The Balaban J connectivity index is 1.82. The van der Waals surface area contributed by atoms with Gasteiger partial charge in [-0.1, -0.05) is 0 Å². The molecule has 0 aromatic rings. The Morgan fingerprint density at radius 1 is 1.40 bits per heavy atom. The summed E-state index contributed by atoms with van der Waals surface area (Å²) >= 11 is 1.82. The second-order valence-corrected chi connectivity index (χ2v) is 7.20. The zero-order valence-electron chi connectivity index (χ0n) is 8.74. The van der Waals surface area contributed by atoms with Crippen molar-refractivity contribution in [1.29, 1.82) is 0 Å².